The Morgan fingerprint density at radius 2 is 2.19 bits per heavy atom. The van der Waals surface area contributed by atoms with Gasteiger partial charge in [-0.15, -0.1) is 6.58 Å². The molecule has 6 heteroatoms. The van der Waals surface area contributed by atoms with E-state index in [-0.39, 0.29) is 11.1 Å². The molecule has 5 nitrogen and oxygen atoms in total. The molecule has 0 aromatic rings. The quantitative estimate of drug-likeness (QED) is 0.336. The Morgan fingerprint density at radius 1 is 1.50 bits per heavy atom. The standard InChI is InChI=1S/C10H16N2O3S/c1-3-4-5-6-7-8(13)11-9(16-2)12-10(14)15/h3H,1,4-7H2,2H3,(H,14,15)(H,11,12,13). The van der Waals surface area contributed by atoms with Gasteiger partial charge in [0.1, 0.15) is 0 Å². The van der Waals surface area contributed by atoms with Crippen molar-refractivity contribution in [3.8, 4) is 0 Å². The lowest BCUT2D eigenvalue weighted by atomic mass is 10.2. The molecule has 0 saturated heterocycles. The molecule has 0 saturated carbocycles. The van der Waals surface area contributed by atoms with Crippen molar-refractivity contribution in [3.05, 3.63) is 12.7 Å². The van der Waals surface area contributed by atoms with Crippen LogP contribution in [0.15, 0.2) is 17.6 Å². The number of allylic oxidation sites excluding steroid dienone is 1. The molecule has 2 amide bonds. The van der Waals surface area contributed by atoms with Gasteiger partial charge in [-0.1, -0.05) is 17.8 Å². The number of rotatable bonds is 5. The monoisotopic (exact) mass is 244 g/mol. The smallest absolute Gasteiger partial charge is 0.433 e. The van der Waals surface area contributed by atoms with Crippen molar-refractivity contribution in [1.82, 2.24) is 5.32 Å². The molecule has 2 N–H and O–H groups in total. The van der Waals surface area contributed by atoms with Crippen LogP contribution in [-0.4, -0.2) is 28.5 Å². The van der Waals surface area contributed by atoms with Crippen LogP contribution in [-0.2, 0) is 4.79 Å². The van der Waals surface area contributed by atoms with Gasteiger partial charge < -0.3 is 10.4 Å². The Bertz CT molecular complexity index is 290. The van der Waals surface area contributed by atoms with Gasteiger partial charge >= 0.3 is 6.09 Å². The topological polar surface area (TPSA) is 78.8 Å². The van der Waals surface area contributed by atoms with Crippen molar-refractivity contribution in [3.63, 3.8) is 0 Å². The van der Waals surface area contributed by atoms with E-state index in [1.165, 1.54) is 0 Å². The summed E-state index contributed by atoms with van der Waals surface area (Å²) in [7, 11) is 0. The molecule has 0 aromatic heterocycles. The number of carboxylic acid groups (broad SMARTS) is 1. The van der Waals surface area contributed by atoms with E-state index in [9.17, 15) is 9.59 Å². The van der Waals surface area contributed by atoms with Crippen LogP contribution in [0.1, 0.15) is 25.7 Å². The van der Waals surface area contributed by atoms with Gasteiger partial charge in [0, 0.05) is 6.42 Å². The van der Waals surface area contributed by atoms with Crippen molar-refractivity contribution < 1.29 is 14.7 Å². The number of unbranched alkanes of at least 4 members (excludes halogenated alkanes) is 2. The number of nitrogens with zero attached hydrogens (tertiary/aromatic N) is 1. The minimum absolute atomic E-state index is 0.112. The molecule has 0 aliphatic carbocycles. The molecule has 0 spiro atoms. The highest BCUT2D eigenvalue weighted by atomic mass is 32.2. The van der Waals surface area contributed by atoms with Crippen LogP contribution in [0.4, 0.5) is 4.79 Å². The van der Waals surface area contributed by atoms with E-state index in [1.807, 2.05) is 0 Å². The largest absolute Gasteiger partial charge is 0.463 e. The minimum Gasteiger partial charge on any atom is -0.463 e. The van der Waals surface area contributed by atoms with Crippen LogP contribution in [0.3, 0.4) is 0 Å². The van der Waals surface area contributed by atoms with E-state index in [4.69, 9.17) is 5.11 Å². The molecule has 90 valence electrons. The molecule has 0 rings (SSSR count). The Hall–Kier alpha value is -1.30. The summed E-state index contributed by atoms with van der Waals surface area (Å²) in [6.45, 7) is 3.58. The van der Waals surface area contributed by atoms with Crippen molar-refractivity contribution >= 4 is 28.9 Å². The number of thioether (sulfide) groups is 1. The highest BCUT2D eigenvalue weighted by molar-refractivity contribution is 8.13. The molecule has 0 aromatic carbocycles. The molecule has 0 radical (unpaired) electrons. The first-order valence-corrected chi connectivity index (χ1v) is 6.09. The van der Waals surface area contributed by atoms with E-state index in [2.05, 4.69) is 16.9 Å². The first-order valence-electron chi connectivity index (χ1n) is 4.86. The summed E-state index contributed by atoms with van der Waals surface area (Å²) < 4.78 is 0. The van der Waals surface area contributed by atoms with Gasteiger partial charge in [0.05, 0.1) is 0 Å². The van der Waals surface area contributed by atoms with Crippen LogP contribution < -0.4 is 5.32 Å². The first-order chi connectivity index (χ1) is 7.60. The molecule has 0 fully saturated rings. The summed E-state index contributed by atoms with van der Waals surface area (Å²) in [5.74, 6) is -0.210. The lowest BCUT2D eigenvalue weighted by molar-refractivity contribution is -0.119. The number of hydrogen-bond acceptors (Lipinski definition) is 3. The Morgan fingerprint density at radius 3 is 2.69 bits per heavy atom. The van der Waals surface area contributed by atoms with Gasteiger partial charge in [-0.05, 0) is 25.5 Å². The number of hydrogen-bond donors (Lipinski definition) is 2. The summed E-state index contributed by atoms with van der Waals surface area (Å²) >= 11 is 1.09. The zero-order valence-corrected chi connectivity index (χ0v) is 10.0. The van der Waals surface area contributed by atoms with Gasteiger partial charge in [0.2, 0.25) is 5.91 Å². The van der Waals surface area contributed by atoms with Gasteiger partial charge in [-0.25, -0.2) is 4.79 Å². The average Bonchev–Trinajstić information content (AvgIpc) is 2.23. The van der Waals surface area contributed by atoms with Gasteiger partial charge in [0.15, 0.2) is 5.17 Å². The van der Waals surface area contributed by atoms with Crippen molar-refractivity contribution in [2.75, 3.05) is 6.26 Å². The summed E-state index contributed by atoms with van der Waals surface area (Å²) in [6, 6.07) is 0. The number of amides is 2. The zero-order chi connectivity index (χ0) is 12.4. The molecule has 0 atom stereocenters. The number of amidine groups is 1. The lowest BCUT2D eigenvalue weighted by Crippen LogP contribution is -2.28. The fourth-order valence-corrected chi connectivity index (χ4v) is 1.35. The molecular weight excluding hydrogens is 228 g/mol. The van der Waals surface area contributed by atoms with E-state index in [0.717, 1.165) is 31.0 Å². The summed E-state index contributed by atoms with van der Waals surface area (Å²) in [4.78, 5) is 24.8. The Kier molecular flexibility index (Phi) is 8.24. The molecular formula is C10H16N2O3S. The first kappa shape index (κ1) is 14.7. The molecule has 0 bridgehead atoms. The van der Waals surface area contributed by atoms with Crippen molar-refractivity contribution in [1.29, 1.82) is 0 Å². The van der Waals surface area contributed by atoms with E-state index in [0.29, 0.717) is 6.42 Å². The molecule has 0 unspecified atom stereocenters. The summed E-state index contributed by atoms with van der Waals surface area (Å²) in [5.41, 5.74) is 0. The maximum atomic E-state index is 11.3. The number of carbonyl (C=O) groups excluding carboxylic acids is 1. The van der Waals surface area contributed by atoms with Crippen LogP contribution in [0.25, 0.3) is 0 Å². The van der Waals surface area contributed by atoms with Crippen LogP contribution in [0, 0.1) is 0 Å². The maximum absolute atomic E-state index is 11.3. The van der Waals surface area contributed by atoms with Crippen molar-refractivity contribution in [2.45, 2.75) is 25.7 Å². The average molecular weight is 244 g/mol. The third-order valence-electron chi connectivity index (χ3n) is 1.70. The van der Waals surface area contributed by atoms with Gasteiger partial charge in [0.25, 0.3) is 0 Å². The van der Waals surface area contributed by atoms with Gasteiger partial charge in [-0.2, -0.15) is 4.99 Å². The number of nitrogens with one attached hydrogen (secondary N) is 1. The summed E-state index contributed by atoms with van der Waals surface area (Å²) in [5, 5.41) is 11.0. The molecule has 0 aliphatic heterocycles. The van der Waals surface area contributed by atoms with Crippen molar-refractivity contribution in [2.24, 2.45) is 4.99 Å². The summed E-state index contributed by atoms with van der Waals surface area (Å²) in [6.07, 6.45) is 5.06. The van der Waals surface area contributed by atoms with Crippen LogP contribution >= 0.6 is 11.8 Å². The molecule has 16 heavy (non-hydrogen) atoms. The second-order valence-electron chi connectivity index (χ2n) is 2.99. The van der Waals surface area contributed by atoms with E-state index >= 15 is 0 Å². The number of aliphatic imine (C=N–C) groups is 1. The Balaban J connectivity index is 3.92. The van der Waals surface area contributed by atoms with E-state index < -0.39 is 6.09 Å². The second kappa shape index (κ2) is 8.96. The molecule has 0 heterocycles. The fraction of sp³-hybridized carbons (Fsp3) is 0.500. The van der Waals surface area contributed by atoms with E-state index in [1.54, 1.807) is 12.3 Å². The normalized spacial score (nSPS) is 10.9. The third kappa shape index (κ3) is 8.05. The fourth-order valence-electron chi connectivity index (χ4n) is 0.967. The predicted molar refractivity (Wildman–Crippen MR) is 65.8 cm³/mol. The highest BCUT2D eigenvalue weighted by Gasteiger charge is 2.06. The van der Waals surface area contributed by atoms with Gasteiger partial charge in [-0.3, -0.25) is 4.79 Å². The highest BCUT2D eigenvalue weighted by Crippen LogP contribution is 2.01. The van der Waals surface area contributed by atoms with Crippen LogP contribution in [0.5, 0.6) is 0 Å². The maximum Gasteiger partial charge on any atom is 0.433 e. The Labute approximate surface area is 99.0 Å². The number of carbonyl (C=O) groups is 2. The SMILES string of the molecule is C=CCCCCC(=O)NC(=NC(=O)O)SC. The zero-order valence-electron chi connectivity index (χ0n) is 9.23. The third-order valence-corrected chi connectivity index (χ3v) is 2.28. The van der Waals surface area contributed by atoms with Crippen LogP contribution in [0.2, 0.25) is 0 Å². The minimum atomic E-state index is -1.31. The second-order valence-corrected chi connectivity index (χ2v) is 3.78. The predicted octanol–water partition coefficient (Wildman–Crippen LogP) is 2.25. The molecule has 0 aliphatic rings. The lowest BCUT2D eigenvalue weighted by Gasteiger charge is -2.04.